The predicted octanol–water partition coefficient (Wildman–Crippen LogP) is 5.23. The van der Waals surface area contributed by atoms with Crippen molar-refractivity contribution in [3.8, 4) is 5.75 Å². The molecule has 1 amide bonds. The first kappa shape index (κ1) is 22.0. The van der Waals surface area contributed by atoms with E-state index < -0.39 is 0 Å². The average Bonchev–Trinajstić information content (AvgIpc) is 3.26. The fraction of sp³-hybridized carbons (Fsp3) is 0.360. The Morgan fingerprint density at radius 2 is 1.97 bits per heavy atom. The summed E-state index contributed by atoms with van der Waals surface area (Å²) in [5.74, 6) is 0.472. The molecule has 3 aromatic rings. The Morgan fingerprint density at radius 1 is 1.19 bits per heavy atom. The number of amides is 1. The van der Waals surface area contributed by atoms with E-state index >= 15 is 0 Å². The van der Waals surface area contributed by atoms with Gasteiger partial charge in [0.15, 0.2) is 0 Å². The number of rotatable bonds is 7. The van der Waals surface area contributed by atoms with Gasteiger partial charge in [0.05, 0.1) is 17.5 Å². The molecular weight excluding hydrogens is 409 g/mol. The molecule has 2 aromatic carbocycles. The summed E-state index contributed by atoms with van der Waals surface area (Å²) in [6, 6.07) is 15.8. The number of para-hydroxylation sites is 2. The summed E-state index contributed by atoms with van der Waals surface area (Å²) in [5.41, 5.74) is 2.37. The maximum absolute atomic E-state index is 13.4. The highest BCUT2D eigenvalue weighted by atomic mass is 19.1. The number of halogens is 1. The quantitative estimate of drug-likeness (QED) is 0.548. The third kappa shape index (κ3) is 5.53. The summed E-state index contributed by atoms with van der Waals surface area (Å²) in [5, 5.41) is 7.01. The highest BCUT2D eigenvalue weighted by Gasteiger charge is 2.25. The fourth-order valence-electron chi connectivity index (χ4n) is 3.98. The van der Waals surface area contributed by atoms with Crippen LogP contribution >= 0.6 is 0 Å². The summed E-state index contributed by atoms with van der Waals surface area (Å²) >= 11 is 0. The molecular formula is C25H28FN3O3. The molecule has 1 aromatic heterocycles. The molecule has 6 nitrogen and oxygen atoms in total. The zero-order chi connectivity index (χ0) is 22.5. The second kappa shape index (κ2) is 9.96. The molecule has 0 spiro atoms. The van der Waals surface area contributed by atoms with Gasteiger partial charge < -0.3 is 14.6 Å². The maximum atomic E-state index is 13.4. The van der Waals surface area contributed by atoms with Crippen molar-refractivity contribution in [2.24, 2.45) is 0 Å². The summed E-state index contributed by atoms with van der Waals surface area (Å²) in [7, 11) is 0. The van der Waals surface area contributed by atoms with Gasteiger partial charge in [-0.3, -0.25) is 9.69 Å². The molecule has 1 aliphatic heterocycles. The zero-order valence-electron chi connectivity index (χ0n) is 18.4. The second-order valence-corrected chi connectivity index (χ2v) is 8.41. The van der Waals surface area contributed by atoms with E-state index in [2.05, 4.69) is 15.4 Å². The molecule has 32 heavy (non-hydrogen) atoms. The minimum atomic E-state index is -0.355. The molecule has 0 radical (unpaired) electrons. The molecule has 168 valence electrons. The molecule has 4 rings (SSSR count). The minimum absolute atomic E-state index is 0.00304. The number of nitrogens with one attached hydrogen (secondary N) is 1. The van der Waals surface area contributed by atoms with Crippen LogP contribution in [0, 0.1) is 5.82 Å². The number of hydrogen-bond acceptors (Lipinski definition) is 5. The van der Waals surface area contributed by atoms with Gasteiger partial charge in [0.1, 0.15) is 11.6 Å². The number of likely N-dealkylation sites (tertiary alicyclic amines) is 1. The lowest BCUT2D eigenvalue weighted by molar-refractivity contribution is 0.0986. The fourth-order valence-corrected chi connectivity index (χ4v) is 3.98. The number of benzene rings is 2. The number of aromatic nitrogens is 1. The molecule has 1 saturated heterocycles. The summed E-state index contributed by atoms with van der Waals surface area (Å²) in [6.07, 6.45) is 1.82. The lowest BCUT2D eigenvalue weighted by atomic mass is 9.93. The van der Waals surface area contributed by atoms with Crippen LogP contribution in [0.5, 0.6) is 5.75 Å². The van der Waals surface area contributed by atoms with Crippen molar-refractivity contribution in [1.29, 1.82) is 0 Å². The van der Waals surface area contributed by atoms with Gasteiger partial charge in [-0.1, -0.05) is 29.4 Å². The van der Waals surface area contributed by atoms with E-state index in [1.54, 1.807) is 24.3 Å². The van der Waals surface area contributed by atoms with Crippen LogP contribution in [-0.4, -0.2) is 35.2 Å². The maximum Gasteiger partial charge on any atom is 0.294 e. The molecule has 1 aliphatic rings. The van der Waals surface area contributed by atoms with E-state index in [1.165, 1.54) is 6.07 Å². The van der Waals surface area contributed by atoms with Crippen LogP contribution < -0.4 is 10.1 Å². The minimum Gasteiger partial charge on any atom is -0.489 e. The summed E-state index contributed by atoms with van der Waals surface area (Å²) < 4.78 is 24.5. The van der Waals surface area contributed by atoms with E-state index in [1.807, 2.05) is 38.1 Å². The third-order valence-corrected chi connectivity index (χ3v) is 5.55. The number of carbonyl (C=O) groups is 1. The number of hydrogen-bond donors (Lipinski definition) is 1. The summed E-state index contributed by atoms with van der Waals surface area (Å²) in [6.45, 7) is 6.37. The Hall–Kier alpha value is -3.19. The SMILES string of the molecule is CC(C)Oc1ccccc1NC(=O)c1cc(C2CCN(Cc3cccc(F)c3)CC2)no1. The Labute approximate surface area is 187 Å². The third-order valence-electron chi connectivity index (χ3n) is 5.55. The van der Waals surface area contributed by atoms with E-state index in [9.17, 15) is 9.18 Å². The number of ether oxygens (including phenoxy) is 1. The second-order valence-electron chi connectivity index (χ2n) is 8.41. The topological polar surface area (TPSA) is 67.6 Å². The lowest BCUT2D eigenvalue weighted by Gasteiger charge is -2.31. The molecule has 1 N–H and O–H groups in total. The van der Waals surface area contributed by atoms with Gasteiger partial charge in [-0.15, -0.1) is 0 Å². The first-order valence-electron chi connectivity index (χ1n) is 11.0. The highest BCUT2D eigenvalue weighted by Crippen LogP contribution is 2.29. The smallest absolute Gasteiger partial charge is 0.294 e. The number of nitrogens with zero attached hydrogens (tertiary/aromatic N) is 2. The van der Waals surface area contributed by atoms with Gasteiger partial charge in [-0.25, -0.2) is 4.39 Å². The van der Waals surface area contributed by atoms with Crippen molar-refractivity contribution in [2.75, 3.05) is 18.4 Å². The van der Waals surface area contributed by atoms with Crippen LogP contribution in [0.25, 0.3) is 0 Å². The van der Waals surface area contributed by atoms with Crippen LogP contribution in [-0.2, 0) is 6.54 Å². The average molecular weight is 438 g/mol. The molecule has 2 heterocycles. The van der Waals surface area contributed by atoms with Crippen LogP contribution in [0.2, 0.25) is 0 Å². The highest BCUT2D eigenvalue weighted by molar-refractivity contribution is 6.03. The van der Waals surface area contributed by atoms with Crippen LogP contribution in [0.3, 0.4) is 0 Å². The van der Waals surface area contributed by atoms with Crippen LogP contribution in [0.1, 0.15) is 54.4 Å². The molecule has 0 atom stereocenters. The van der Waals surface area contributed by atoms with E-state index in [4.69, 9.17) is 9.26 Å². The molecule has 0 unspecified atom stereocenters. The van der Waals surface area contributed by atoms with Crippen molar-refractivity contribution >= 4 is 11.6 Å². The monoisotopic (exact) mass is 437 g/mol. The van der Waals surface area contributed by atoms with Crippen molar-refractivity contribution < 1.29 is 18.4 Å². The van der Waals surface area contributed by atoms with Crippen molar-refractivity contribution in [2.45, 2.75) is 45.3 Å². The van der Waals surface area contributed by atoms with Gasteiger partial charge in [0.2, 0.25) is 5.76 Å². The molecule has 0 bridgehead atoms. The van der Waals surface area contributed by atoms with Crippen LogP contribution in [0.15, 0.2) is 59.1 Å². The van der Waals surface area contributed by atoms with E-state index in [-0.39, 0.29) is 29.5 Å². The van der Waals surface area contributed by atoms with Crippen molar-refractivity contribution in [1.82, 2.24) is 10.1 Å². The Morgan fingerprint density at radius 3 is 2.72 bits per heavy atom. The molecule has 0 aliphatic carbocycles. The molecule has 0 saturated carbocycles. The predicted molar refractivity (Wildman–Crippen MR) is 120 cm³/mol. The van der Waals surface area contributed by atoms with Gasteiger partial charge in [0, 0.05) is 18.5 Å². The molecule has 7 heteroatoms. The Bertz CT molecular complexity index is 1060. The van der Waals surface area contributed by atoms with Gasteiger partial charge >= 0.3 is 0 Å². The normalized spacial score (nSPS) is 15.1. The van der Waals surface area contributed by atoms with E-state index in [0.29, 0.717) is 11.4 Å². The first-order valence-corrected chi connectivity index (χ1v) is 11.0. The van der Waals surface area contributed by atoms with Gasteiger partial charge in [-0.05, 0) is 69.6 Å². The van der Waals surface area contributed by atoms with Crippen LogP contribution in [0.4, 0.5) is 10.1 Å². The van der Waals surface area contributed by atoms with Gasteiger partial charge in [-0.2, -0.15) is 0 Å². The van der Waals surface area contributed by atoms with Crippen molar-refractivity contribution in [3.05, 3.63) is 77.4 Å². The summed E-state index contributed by atoms with van der Waals surface area (Å²) in [4.78, 5) is 15.0. The number of carbonyl (C=O) groups excluding carboxylic acids is 1. The van der Waals surface area contributed by atoms with Crippen molar-refractivity contribution in [3.63, 3.8) is 0 Å². The standard InChI is InChI=1S/C25H28FN3O3/c1-17(2)31-23-9-4-3-8-21(23)27-25(30)24-15-22(28-32-24)19-10-12-29(13-11-19)16-18-6-5-7-20(26)14-18/h3-9,14-15,17,19H,10-13,16H2,1-2H3,(H,27,30). The molecule has 1 fully saturated rings. The Balaban J connectivity index is 1.34. The zero-order valence-corrected chi connectivity index (χ0v) is 18.4. The number of piperidine rings is 1. The van der Waals surface area contributed by atoms with E-state index in [0.717, 1.165) is 43.7 Å². The first-order chi connectivity index (χ1) is 15.5. The number of anilines is 1. The Kier molecular flexibility index (Phi) is 6.85. The lowest BCUT2D eigenvalue weighted by Crippen LogP contribution is -2.32. The van der Waals surface area contributed by atoms with Gasteiger partial charge in [0.25, 0.3) is 5.91 Å². The largest absolute Gasteiger partial charge is 0.489 e.